The molecule has 2 rings (SSSR count). The molecule has 0 saturated heterocycles. The van der Waals surface area contributed by atoms with Crippen LogP contribution in [0.5, 0.6) is 0 Å². The van der Waals surface area contributed by atoms with Crippen molar-refractivity contribution in [2.75, 3.05) is 5.75 Å². The molecule has 1 unspecified atom stereocenters. The molecular formula is C16H21N3OS2. The van der Waals surface area contributed by atoms with Gasteiger partial charge in [-0.3, -0.25) is 9.78 Å². The second-order valence-corrected chi connectivity index (χ2v) is 7.66. The number of carbonyl (C=O) groups is 1. The number of pyridine rings is 1. The molecule has 0 spiro atoms. The minimum absolute atomic E-state index is 0.0137. The van der Waals surface area contributed by atoms with Crippen LogP contribution in [0.15, 0.2) is 34.2 Å². The number of nitrogens with zero attached hydrogens (tertiary/aromatic N) is 2. The third-order valence-corrected chi connectivity index (χ3v) is 5.19. The third kappa shape index (κ3) is 5.42. The van der Waals surface area contributed by atoms with Gasteiger partial charge in [0.15, 0.2) is 4.34 Å². The van der Waals surface area contributed by atoms with E-state index in [0.29, 0.717) is 11.7 Å². The third-order valence-electron chi connectivity index (χ3n) is 3.05. The fraction of sp³-hybridized carbons (Fsp3) is 0.438. The van der Waals surface area contributed by atoms with Crippen molar-refractivity contribution in [3.63, 3.8) is 0 Å². The molecule has 1 amide bonds. The molecule has 2 heterocycles. The summed E-state index contributed by atoms with van der Waals surface area (Å²) >= 11 is 3.06. The van der Waals surface area contributed by atoms with Crippen LogP contribution in [0.2, 0.25) is 0 Å². The highest BCUT2D eigenvalue weighted by atomic mass is 32.2. The second-order valence-electron chi connectivity index (χ2n) is 5.58. The Morgan fingerprint density at radius 2 is 2.27 bits per heavy atom. The Hall–Kier alpha value is -1.40. The molecule has 0 aliphatic rings. The number of hydrogen-bond donors (Lipinski definition) is 1. The van der Waals surface area contributed by atoms with E-state index in [1.165, 1.54) is 11.8 Å². The zero-order chi connectivity index (χ0) is 15.9. The van der Waals surface area contributed by atoms with Crippen molar-refractivity contribution < 1.29 is 4.79 Å². The van der Waals surface area contributed by atoms with Crippen molar-refractivity contribution in [2.45, 2.75) is 37.6 Å². The second kappa shape index (κ2) is 8.29. The van der Waals surface area contributed by atoms with Gasteiger partial charge in [-0.2, -0.15) is 0 Å². The van der Waals surface area contributed by atoms with Gasteiger partial charge in [0.1, 0.15) is 0 Å². The largest absolute Gasteiger partial charge is 0.349 e. The van der Waals surface area contributed by atoms with Gasteiger partial charge in [-0.1, -0.05) is 31.7 Å². The fourth-order valence-corrected chi connectivity index (χ4v) is 3.75. The molecule has 1 N–H and O–H groups in total. The molecular weight excluding hydrogens is 314 g/mol. The van der Waals surface area contributed by atoms with Gasteiger partial charge in [-0.15, -0.1) is 11.3 Å². The summed E-state index contributed by atoms with van der Waals surface area (Å²) in [5.74, 6) is 0.925. The lowest BCUT2D eigenvalue weighted by atomic mass is 9.98. The molecule has 0 saturated carbocycles. The first kappa shape index (κ1) is 17.0. The topological polar surface area (TPSA) is 54.9 Å². The van der Waals surface area contributed by atoms with Gasteiger partial charge in [0.2, 0.25) is 5.91 Å². The number of aromatic nitrogens is 2. The van der Waals surface area contributed by atoms with Crippen LogP contribution in [-0.4, -0.2) is 21.6 Å². The van der Waals surface area contributed by atoms with E-state index in [2.05, 4.69) is 29.1 Å². The SMILES string of the molecule is Cc1csc(SCC(=O)NC(CC(C)C)c2cccnc2)n1. The standard InChI is InChI=1S/C16H21N3OS2/c1-11(2)7-14(13-5-4-6-17-8-13)19-15(20)10-22-16-18-12(3)9-21-16/h4-6,8-9,11,14H,7,10H2,1-3H3,(H,19,20). The summed E-state index contributed by atoms with van der Waals surface area (Å²) in [5.41, 5.74) is 2.06. The maximum atomic E-state index is 12.2. The van der Waals surface area contributed by atoms with Crippen molar-refractivity contribution in [1.29, 1.82) is 0 Å². The van der Waals surface area contributed by atoms with Gasteiger partial charge < -0.3 is 5.32 Å². The highest BCUT2D eigenvalue weighted by Gasteiger charge is 2.16. The molecule has 0 aliphatic heterocycles. The number of rotatable bonds is 7. The monoisotopic (exact) mass is 335 g/mol. The predicted molar refractivity (Wildman–Crippen MR) is 92.2 cm³/mol. The fourth-order valence-electron chi connectivity index (χ4n) is 2.09. The van der Waals surface area contributed by atoms with E-state index in [1.54, 1.807) is 17.5 Å². The Kier molecular flexibility index (Phi) is 6.39. The van der Waals surface area contributed by atoms with Crippen LogP contribution in [0.1, 0.15) is 37.6 Å². The first-order valence-electron chi connectivity index (χ1n) is 7.29. The number of nitrogens with one attached hydrogen (secondary N) is 1. The van der Waals surface area contributed by atoms with Crippen LogP contribution in [0.25, 0.3) is 0 Å². The van der Waals surface area contributed by atoms with Crippen molar-refractivity contribution in [2.24, 2.45) is 5.92 Å². The smallest absolute Gasteiger partial charge is 0.230 e. The maximum Gasteiger partial charge on any atom is 0.230 e. The lowest BCUT2D eigenvalue weighted by Gasteiger charge is -2.20. The molecule has 1 atom stereocenters. The van der Waals surface area contributed by atoms with Gasteiger partial charge >= 0.3 is 0 Å². The Bertz CT molecular complexity index is 598. The summed E-state index contributed by atoms with van der Waals surface area (Å²) in [6.45, 7) is 6.27. The Morgan fingerprint density at radius 1 is 1.45 bits per heavy atom. The normalized spacial score (nSPS) is 12.4. The average Bonchev–Trinajstić information content (AvgIpc) is 2.91. The summed E-state index contributed by atoms with van der Waals surface area (Å²) in [7, 11) is 0. The van der Waals surface area contributed by atoms with Crippen LogP contribution in [0.4, 0.5) is 0 Å². The number of hydrogen-bond acceptors (Lipinski definition) is 5. The molecule has 2 aromatic rings. The van der Waals surface area contributed by atoms with E-state index >= 15 is 0 Å². The maximum absolute atomic E-state index is 12.2. The molecule has 22 heavy (non-hydrogen) atoms. The van der Waals surface area contributed by atoms with Gasteiger partial charge in [-0.25, -0.2) is 4.98 Å². The number of amides is 1. The summed E-state index contributed by atoms with van der Waals surface area (Å²) in [6, 6.07) is 3.93. The first-order valence-corrected chi connectivity index (χ1v) is 9.15. The van der Waals surface area contributed by atoms with E-state index in [-0.39, 0.29) is 11.9 Å². The van der Waals surface area contributed by atoms with Crippen LogP contribution in [-0.2, 0) is 4.79 Å². The molecule has 4 nitrogen and oxygen atoms in total. The summed E-state index contributed by atoms with van der Waals surface area (Å²) < 4.78 is 0.939. The Balaban J connectivity index is 1.93. The van der Waals surface area contributed by atoms with Gasteiger partial charge in [0.05, 0.1) is 11.8 Å². The Labute approximate surface area is 139 Å². The molecule has 0 radical (unpaired) electrons. The lowest BCUT2D eigenvalue weighted by Crippen LogP contribution is -2.30. The van der Waals surface area contributed by atoms with Crippen LogP contribution < -0.4 is 5.32 Å². The van der Waals surface area contributed by atoms with Crippen molar-refractivity contribution in [3.8, 4) is 0 Å². The molecule has 0 aliphatic carbocycles. The van der Waals surface area contributed by atoms with E-state index in [0.717, 1.165) is 22.0 Å². The van der Waals surface area contributed by atoms with Crippen LogP contribution >= 0.6 is 23.1 Å². The highest BCUT2D eigenvalue weighted by molar-refractivity contribution is 8.01. The zero-order valence-corrected chi connectivity index (χ0v) is 14.7. The molecule has 0 bridgehead atoms. The van der Waals surface area contributed by atoms with Crippen LogP contribution in [0, 0.1) is 12.8 Å². The minimum Gasteiger partial charge on any atom is -0.349 e. The Morgan fingerprint density at radius 3 is 2.86 bits per heavy atom. The quantitative estimate of drug-likeness (QED) is 0.781. The first-order chi connectivity index (χ1) is 10.5. The zero-order valence-electron chi connectivity index (χ0n) is 13.1. The van der Waals surface area contributed by atoms with Gasteiger partial charge in [0, 0.05) is 23.5 Å². The molecule has 0 fully saturated rings. The van der Waals surface area contributed by atoms with Gasteiger partial charge in [-0.05, 0) is 30.9 Å². The van der Waals surface area contributed by atoms with E-state index in [4.69, 9.17) is 0 Å². The summed E-state index contributed by atoms with van der Waals surface area (Å²) in [4.78, 5) is 20.7. The molecule has 0 aromatic carbocycles. The van der Waals surface area contributed by atoms with Crippen LogP contribution in [0.3, 0.4) is 0 Å². The number of thiazole rings is 1. The number of carbonyl (C=O) groups excluding carboxylic acids is 1. The molecule has 2 aromatic heterocycles. The number of thioether (sulfide) groups is 1. The van der Waals surface area contributed by atoms with E-state index < -0.39 is 0 Å². The summed E-state index contributed by atoms with van der Waals surface area (Å²) in [5, 5.41) is 5.12. The van der Waals surface area contributed by atoms with Crippen molar-refractivity contribution in [3.05, 3.63) is 41.2 Å². The number of aryl methyl sites for hydroxylation is 1. The summed E-state index contributed by atoms with van der Waals surface area (Å²) in [6.07, 6.45) is 4.47. The highest BCUT2D eigenvalue weighted by Crippen LogP contribution is 2.24. The average molecular weight is 335 g/mol. The minimum atomic E-state index is 0.0137. The van der Waals surface area contributed by atoms with Crippen molar-refractivity contribution in [1.82, 2.24) is 15.3 Å². The van der Waals surface area contributed by atoms with E-state index in [1.807, 2.05) is 30.6 Å². The van der Waals surface area contributed by atoms with Crippen molar-refractivity contribution >= 4 is 29.0 Å². The van der Waals surface area contributed by atoms with E-state index in [9.17, 15) is 4.79 Å². The lowest BCUT2D eigenvalue weighted by molar-refractivity contribution is -0.119. The van der Waals surface area contributed by atoms with Gasteiger partial charge in [0.25, 0.3) is 0 Å². The predicted octanol–water partition coefficient (Wildman–Crippen LogP) is 3.84. The molecule has 6 heteroatoms. The molecule has 118 valence electrons.